The number of nitrogens with zero attached hydrogens (tertiary/aromatic N) is 1. The van der Waals surface area contributed by atoms with Crippen LogP contribution in [0.1, 0.15) is 29.2 Å². The predicted octanol–water partition coefficient (Wildman–Crippen LogP) is 5.27. The molecule has 0 fully saturated rings. The maximum atomic E-state index is 13.5. The van der Waals surface area contributed by atoms with Crippen LogP contribution in [0.15, 0.2) is 36.4 Å². The number of hydrogen-bond acceptors (Lipinski definition) is 3. The number of methoxy groups -OCH3 is 1. The van der Waals surface area contributed by atoms with Crippen molar-refractivity contribution in [3.63, 3.8) is 0 Å². The fraction of sp³-hybridized carbons (Fsp3) is 0.364. The Kier molecular flexibility index (Phi) is 7.99. The van der Waals surface area contributed by atoms with Gasteiger partial charge in [-0.25, -0.2) is 4.79 Å². The van der Waals surface area contributed by atoms with Crippen LogP contribution >= 0.6 is 0 Å². The molecule has 1 N–H and O–H groups in total. The van der Waals surface area contributed by atoms with Crippen LogP contribution in [0.25, 0.3) is 11.1 Å². The van der Waals surface area contributed by atoms with Crippen LogP contribution in [0.5, 0.6) is 0 Å². The van der Waals surface area contributed by atoms with Crippen LogP contribution in [0, 0.1) is 0 Å². The minimum atomic E-state index is -4.76. The summed E-state index contributed by atoms with van der Waals surface area (Å²) in [5.74, 6) is -0.773. The lowest BCUT2D eigenvalue weighted by molar-refractivity contribution is -0.140. The fourth-order valence-corrected chi connectivity index (χ4v) is 3.23. The second-order valence-corrected chi connectivity index (χ2v) is 7.11. The average Bonchev–Trinajstić information content (AvgIpc) is 2.75. The van der Waals surface area contributed by atoms with E-state index < -0.39 is 41.9 Å². The molecule has 0 heterocycles. The standard InChI is InChI=1S/C22H22F6N2O3/c1-4-30(20(32)29-2)12-15-11-16(21(23,24)25)5-6-18(15)14-7-13(9-19(31)33-3)8-17(10-14)22(26,27)28/h5-8,10-11H,4,9,12H2,1-3H3,(H,29,32). The van der Waals surface area contributed by atoms with Crippen LogP contribution in [-0.2, 0) is 34.8 Å². The number of ether oxygens (including phenoxy) is 1. The zero-order valence-corrected chi connectivity index (χ0v) is 18.0. The summed E-state index contributed by atoms with van der Waals surface area (Å²) in [4.78, 5) is 24.9. The molecule has 180 valence electrons. The van der Waals surface area contributed by atoms with Gasteiger partial charge < -0.3 is 15.0 Å². The minimum Gasteiger partial charge on any atom is -0.469 e. The van der Waals surface area contributed by atoms with E-state index in [4.69, 9.17) is 0 Å². The fourth-order valence-electron chi connectivity index (χ4n) is 3.23. The molecule has 0 saturated heterocycles. The third-order valence-electron chi connectivity index (χ3n) is 4.88. The maximum absolute atomic E-state index is 13.5. The van der Waals surface area contributed by atoms with Crippen LogP contribution in [-0.4, -0.2) is 37.6 Å². The van der Waals surface area contributed by atoms with E-state index in [0.717, 1.165) is 37.4 Å². The smallest absolute Gasteiger partial charge is 0.416 e. The molecule has 0 bridgehead atoms. The number of urea groups is 1. The van der Waals surface area contributed by atoms with Gasteiger partial charge in [0.05, 0.1) is 24.7 Å². The number of benzene rings is 2. The highest BCUT2D eigenvalue weighted by molar-refractivity contribution is 5.76. The Morgan fingerprint density at radius 1 is 0.970 bits per heavy atom. The second kappa shape index (κ2) is 10.1. The Labute approximate surface area is 186 Å². The highest BCUT2D eigenvalue weighted by Crippen LogP contribution is 2.37. The molecule has 2 amide bonds. The van der Waals surface area contributed by atoms with Crippen molar-refractivity contribution in [1.29, 1.82) is 0 Å². The molecular weight excluding hydrogens is 454 g/mol. The number of amides is 2. The molecule has 0 aromatic heterocycles. The highest BCUT2D eigenvalue weighted by Gasteiger charge is 2.33. The third-order valence-corrected chi connectivity index (χ3v) is 4.88. The number of carbonyl (C=O) groups excluding carboxylic acids is 2. The lowest BCUT2D eigenvalue weighted by Gasteiger charge is -2.23. The molecule has 0 unspecified atom stereocenters. The summed E-state index contributed by atoms with van der Waals surface area (Å²) in [6.07, 6.45) is -9.91. The quantitative estimate of drug-likeness (QED) is 0.457. The van der Waals surface area contributed by atoms with Gasteiger partial charge in [-0.1, -0.05) is 12.1 Å². The molecule has 0 spiro atoms. The van der Waals surface area contributed by atoms with E-state index in [1.807, 2.05) is 0 Å². The van der Waals surface area contributed by atoms with Crippen molar-refractivity contribution in [2.24, 2.45) is 0 Å². The van der Waals surface area contributed by atoms with Crippen molar-refractivity contribution in [3.8, 4) is 11.1 Å². The summed E-state index contributed by atoms with van der Waals surface area (Å²) in [5.41, 5.74) is -2.06. The molecule has 0 radical (unpaired) electrons. The molecule has 5 nitrogen and oxygen atoms in total. The Bertz CT molecular complexity index is 1020. The first-order valence-corrected chi connectivity index (χ1v) is 9.75. The Balaban J connectivity index is 2.71. The first-order valence-electron chi connectivity index (χ1n) is 9.75. The lowest BCUT2D eigenvalue weighted by atomic mass is 9.93. The summed E-state index contributed by atoms with van der Waals surface area (Å²) in [7, 11) is 2.44. The van der Waals surface area contributed by atoms with E-state index in [2.05, 4.69) is 10.1 Å². The van der Waals surface area contributed by atoms with Gasteiger partial charge in [0.15, 0.2) is 0 Å². The molecule has 2 rings (SSSR count). The normalized spacial score (nSPS) is 11.8. The molecule has 0 aliphatic carbocycles. The number of rotatable bonds is 6. The number of esters is 1. The SMILES string of the molecule is CCN(Cc1cc(C(F)(F)F)ccc1-c1cc(CC(=O)OC)cc(C(F)(F)F)c1)C(=O)NC. The zero-order valence-electron chi connectivity index (χ0n) is 18.0. The molecule has 0 aliphatic heterocycles. The van der Waals surface area contributed by atoms with Crippen LogP contribution in [0.3, 0.4) is 0 Å². The Morgan fingerprint density at radius 2 is 1.61 bits per heavy atom. The monoisotopic (exact) mass is 476 g/mol. The first-order chi connectivity index (χ1) is 15.3. The molecule has 33 heavy (non-hydrogen) atoms. The number of nitrogens with one attached hydrogen (secondary N) is 1. The Hall–Kier alpha value is -3.24. The van der Waals surface area contributed by atoms with Gasteiger partial charge in [-0.15, -0.1) is 0 Å². The topological polar surface area (TPSA) is 58.6 Å². The van der Waals surface area contributed by atoms with E-state index in [-0.39, 0.29) is 35.3 Å². The van der Waals surface area contributed by atoms with Gasteiger partial charge in [0.25, 0.3) is 0 Å². The van der Waals surface area contributed by atoms with Gasteiger partial charge in [0, 0.05) is 20.1 Å². The number of hydrogen-bond donors (Lipinski definition) is 1. The van der Waals surface area contributed by atoms with E-state index >= 15 is 0 Å². The molecule has 0 atom stereocenters. The van der Waals surface area contributed by atoms with Crippen LogP contribution < -0.4 is 5.32 Å². The number of alkyl halides is 6. The summed E-state index contributed by atoms with van der Waals surface area (Å²) in [6.45, 7) is 1.48. The molecule has 11 heteroatoms. The number of halogens is 6. The van der Waals surface area contributed by atoms with Gasteiger partial charge in [0.2, 0.25) is 0 Å². The number of carbonyl (C=O) groups is 2. The molecule has 2 aromatic carbocycles. The van der Waals surface area contributed by atoms with E-state index in [9.17, 15) is 35.9 Å². The zero-order chi connectivity index (χ0) is 25.0. The van der Waals surface area contributed by atoms with Gasteiger partial charge in [-0.3, -0.25) is 4.79 Å². The van der Waals surface area contributed by atoms with E-state index in [1.165, 1.54) is 18.0 Å². The molecule has 0 saturated carbocycles. The van der Waals surface area contributed by atoms with Crippen molar-refractivity contribution in [2.45, 2.75) is 32.2 Å². The van der Waals surface area contributed by atoms with E-state index in [0.29, 0.717) is 0 Å². The van der Waals surface area contributed by atoms with Gasteiger partial charge in [0.1, 0.15) is 0 Å². The van der Waals surface area contributed by atoms with Crippen molar-refractivity contribution >= 4 is 12.0 Å². The summed E-state index contributed by atoms with van der Waals surface area (Å²) < 4.78 is 85.0. The van der Waals surface area contributed by atoms with Gasteiger partial charge >= 0.3 is 24.4 Å². The van der Waals surface area contributed by atoms with Gasteiger partial charge in [-0.05, 0) is 53.4 Å². The molecule has 0 aliphatic rings. The maximum Gasteiger partial charge on any atom is 0.416 e. The van der Waals surface area contributed by atoms with Crippen LogP contribution in [0.2, 0.25) is 0 Å². The first kappa shape index (κ1) is 26.0. The molecular formula is C22H22F6N2O3. The van der Waals surface area contributed by atoms with Crippen molar-refractivity contribution in [3.05, 3.63) is 58.7 Å². The van der Waals surface area contributed by atoms with Crippen molar-refractivity contribution < 1.29 is 40.7 Å². The average molecular weight is 476 g/mol. The highest BCUT2D eigenvalue weighted by atomic mass is 19.4. The summed E-state index contributed by atoms with van der Waals surface area (Å²) in [5, 5.41) is 2.37. The van der Waals surface area contributed by atoms with Crippen molar-refractivity contribution in [1.82, 2.24) is 10.2 Å². The predicted molar refractivity (Wildman–Crippen MR) is 108 cm³/mol. The molecule has 2 aromatic rings. The van der Waals surface area contributed by atoms with Crippen LogP contribution in [0.4, 0.5) is 31.1 Å². The largest absolute Gasteiger partial charge is 0.469 e. The minimum absolute atomic E-state index is 0.00128. The second-order valence-electron chi connectivity index (χ2n) is 7.11. The lowest BCUT2D eigenvalue weighted by Crippen LogP contribution is -2.37. The van der Waals surface area contributed by atoms with Gasteiger partial charge in [-0.2, -0.15) is 26.3 Å². The third kappa shape index (κ3) is 6.62. The van der Waals surface area contributed by atoms with E-state index in [1.54, 1.807) is 6.92 Å². The summed E-state index contributed by atoms with van der Waals surface area (Å²) >= 11 is 0. The van der Waals surface area contributed by atoms with Crippen molar-refractivity contribution in [2.75, 3.05) is 20.7 Å². The summed E-state index contributed by atoms with van der Waals surface area (Å²) in [6, 6.07) is 4.94. The Morgan fingerprint density at radius 3 is 2.12 bits per heavy atom.